The van der Waals surface area contributed by atoms with Gasteiger partial charge in [0, 0.05) is 16.5 Å². The highest BCUT2D eigenvalue weighted by Gasteiger charge is 2.11. The first-order valence-electron chi connectivity index (χ1n) is 11.0. The fourth-order valence-corrected chi connectivity index (χ4v) is 4.21. The molecular weight excluding hydrogens is 386 g/mol. The first kappa shape index (κ1) is 21.4. The number of hydrogen-bond donors (Lipinski definition) is 0. The van der Waals surface area contributed by atoms with Crippen LogP contribution >= 0.6 is 0 Å². The zero-order valence-corrected chi connectivity index (χ0v) is 18.9. The van der Waals surface area contributed by atoms with Crippen LogP contribution in [-0.4, -0.2) is 4.57 Å². The fourth-order valence-electron chi connectivity index (χ4n) is 4.21. The van der Waals surface area contributed by atoms with Crippen molar-refractivity contribution in [3.63, 3.8) is 0 Å². The number of aryl methyl sites for hydroxylation is 2. The van der Waals surface area contributed by atoms with Gasteiger partial charge in [0.15, 0.2) is 0 Å². The summed E-state index contributed by atoms with van der Waals surface area (Å²) in [7, 11) is 0. The molecule has 5 rings (SSSR count). The third kappa shape index (κ3) is 4.15. The fraction of sp³-hybridized carbons (Fsp3) is 0.0968. The maximum Gasteiger partial charge on any atom is 0.0541 e. The smallest absolute Gasteiger partial charge is 0.0541 e. The summed E-state index contributed by atoms with van der Waals surface area (Å²) >= 11 is 0. The molecule has 0 amide bonds. The summed E-state index contributed by atoms with van der Waals surface area (Å²) in [6, 6.07) is 32.8. The monoisotopic (exact) mass is 415 g/mol. The van der Waals surface area contributed by atoms with E-state index in [9.17, 15) is 0 Å². The Balaban J connectivity index is 0.00000119. The molecule has 0 aliphatic heterocycles. The van der Waals surface area contributed by atoms with Crippen molar-refractivity contribution in [2.75, 3.05) is 0 Å². The molecule has 1 aromatic heterocycles. The second-order valence-corrected chi connectivity index (χ2v) is 7.99. The van der Waals surface area contributed by atoms with Crippen molar-refractivity contribution in [2.45, 2.75) is 20.3 Å². The summed E-state index contributed by atoms with van der Waals surface area (Å²) < 4.78 is 2.35. The maximum atomic E-state index is 3.00. The molecule has 1 heteroatoms. The van der Waals surface area contributed by atoms with Gasteiger partial charge in [0.2, 0.25) is 0 Å². The molecule has 0 N–H and O–H groups in total. The maximum absolute atomic E-state index is 3.00. The van der Waals surface area contributed by atoms with Crippen LogP contribution in [0.1, 0.15) is 22.3 Å². The zero-order valence-electron chi connectivity index (χ0n) is 18.9. The molecule has 1 nitrogen and oxygen atoms in total. The van der Waals surface area contributed by atoms with E-state index in [1.54, 1.807) is 0 Å². The van der Waals surface area contributed by atoms with Gasteiger partial charge in [-0.2, -0.15) is 0 Å². The van der Waals surface area contributed by atoms with Crippen molar-refractivity contribution in [2.24, 2.45) is 0 Å². The SMILES string of the molecule is C=C.Cc1ccc(C/C=C/c2ccc3c(c2)c2ccccc2n3-c2ccccc2)cc1C. The molecule has 0 saturated carbocycles. The van der Waals surface area contributed by atoms with Crippen LogP contribution in [0.2, 0.25) is 0 Å². The molecule has 0 saturated heterocycles. The van der Waals surface area contributed by atoms with Crippen LogP contribution in [0.3, 0.4) is 0 Å². The predicted octanol–water partition coefficient (Wildman–Crippen LogP) is 8.46. The van der Waals surface area contributed by atoms with E-state index >= 15 is 0 Å². The van der Waals surface area contributed by atoms with Crippen molar-refractivity contribution >= 4 is 27.9 Å². The molecule has 158 valence electrons. The van der Waals surface area contributed by atoms with Crippen molar-refractivity contribution in [3.8, 4) is 5.69 Å². The minimum Gasteiger partial charge on any atom is -0.309 e. The normalized spacial score (nSPS) is 11.1. The van der Waals surface area contributed by atoms with E-state index in [0.717, 1.165) is 6.42 Å². The Hall–Kier alpha value is -3.84. The van der Waals surface area contributed by atoms with Gasteiger partial charge in [-0.05, 0) is 72.9 Å². The molecule has 1 heterocycles. The molecule has 0 aliphatic rings. The number of rotatable bonds is 4. The molecule has 4 aromatic carbocycles. The number of para-hydroxylation sites is 2. The lowest BCUT2D eigenvalue weighted by Crippen LogP contribution is -1.92. The molecule has 0 spiro atoms. The lowest BCUT2D eigenvalue weighted by molar-refractivity contribution is 1.18. The Morgan fingerprint density at radius 3 is 2.19 bits per heavy atom. The Kier molecular flexibility index (Phi) is 6.37. The molecule has 5 aromatic rings. The highest BCUT2D eigenvalue weighted by Crippen LogP contribution is 2.32. The van der Waals surface area contributed by atoms with Crippen molar-refractivity contribution in [1.82, 2.24) is 4.57 Å². The van der Waals surface area contributed by atoms with E-state index in [1.807, 2.05) is 0 Å². The second kappa shape index (κ2) is 9.53. The second-order valence-electron chi connectivity index (χ2n) is 7.99. The van der Waals surface area contributed by atoms with Crippen LogP contribution < -0.4 is 0 Å². The van der Waals surface area contributed by atoms with Gasteiger partial charge in [0.05, 0.1) is 11.0 Å². The molecular formula is C31H29N. The third-order valence-corrected chi connectivity index (χ3v) is 5.95. The molecule has 0 bridgehead atoms. The Bertz CT molecular complexity index is 1390. The lowest BCUT2D eigenvalue weighted by Gasteiger charge is -2.07. The number of benzene rings is 4. The highest BCUT2D eigenvalue weighted by molar-refractivity contribution is 6.09. The minimum atomic E-state index is 0.949. The Morgan fingerprint density at radius 1 is 0.688 bits per heavy atom. The van der Waals surface area contributed by atoms with Crippen molar-refractivity contribution in [1.29, 1.82) is 0 Å². The average molecular weight is 416 g/mol. The molecule has 0 fully saturated rings. The van der Waals surface area contributed by atoms with Gasteiger partial charge in [-0.15, -0.1) is 13.2 Å². The zero-order chi connectivity index (χ0) is 22.5. The van der Waals surface area contributed by atoms with E-state index in [2.05, 4.69) is 135 Å². The summed E-state index contributed by atoms with van der Waals surface area (Å²) in [6.07, 6.45) is 5.45. The Labute approximate surface area is 191 Å². The van der Waals surface area contributed by atoms with Crippen LogP contribution in [0, 0.1) is 13.8 Å². The topological polar surface area (TPSA) is 4.93 Å². The summed E-state index contributed by atoms with van der Waals surface area (Å²) in [4.78, 5) is 0. The molecule has 32 heavy (non-hydrogen) atoms. The summed E-state index contributed by atoms with van der Waals surface area (Å²) in [5.41, 5.74) is 8.99. The quantitative estimate of drug-likeness (QED) is 0.259. The van der Waals surface area contributed by atoms with Crippen LogP contribution in [0.5, 0.6) is 0 Å². The first-order valence-corrected chi connectivity index (χ1v) is 11.0. The lowest BCUT2D eigenvalue weighted by atomic mass is 10.0. The van der Waals surface area contributed by atoms with Crippen molar-refractivity contribution < 1.29 is 0 Å². The molecule has 0 radical (unpaired) electrons. The average Bonchev–Trinajstić information content (AvgIpc) is 3.17. The standard InChI is InChI=1S/C29H25N.C2H4/c1-21-15-16-23(19-22(21)2)9-8-10-24-17-18-29-27(20-24)26-13-6-7-14-28(26)30(29)25-11-4-3-5-12-25;1-2/h3-8,10-20H,9H2,1-2H3;1-2H2/b10-8+;. The summed E-state index contributed by atoms with van der Waals surface area (Å²) in [5.74, 6) is 0. The van der Waals surface area contributed by atoms with Gasteiger partial charge < -0.3 is 4.57 Å². The summed E-state index contributed by atoms with van der Waals surface area (Å²) in [6.45, 7) is 10.3. The Morgan fingerprint density at radius 2 is 1.41 bits per heavy atom. The van der Waals surface area contributed by atoms with Gasteiger partial charge in [-0.1, -0.05) is 72.8 Å². The number of aromatic nitrogens is 1. The third-order valence-electron chi connectivity index (χ3n) is 5.95. The molecule has 0 aliphatic carbocycles. The molecule has 0 atom stereocenters. The van der Waals surface area contributed by atoms with E-state index in [-0.39, 0.29) is 0 Å². The van der Waals surface area contributed by atoms with Gasteiger partial charge in [-0.3, -0.25) is 0 Å². The van der Waals surface area contributed by atoms with E-state index < -0.39 is 0 Å². The van der Waals surface area contributed by atoms with Crippen molar-refractivity contribution in [3.05, 3.63) is 132 Å². The summed E-state index contributed by atoms with van der Waals surface area (Å²) in [5, 5.41) is 2.59. The van der Waals surface area contributed by atoms with Gasteiger partial charge in [0.25, 0.3) is 0 Å². The first-order chi connectivity index (χ1) is 15.7. The molecule has 0 unspecified atom stereocenters. The van der Waals surface area contributed by atoms with Crippen LogP contribution in [0.15, 0.2) is 110 Å². The van der Waals surface area contributed by atoms with Gasteiger partial charge in [-0.25, -0.2) is 0 Å². The number of fused-ring (bicyclic) bond motifs is 3. The van der Waals surface area contributed by atoms with Crippen LogP contribution in [-0.2, 0) is 6.42 Å². The van der Waals surface area contributed by atoms with Gasteiger partial charge >= 0.3 is 0 Å². The van der Waals surface area contributed by atoms with E-state index in [0.29, 0.717) is 0 Å². The van der Waals surface area contributed by atoms with Crippen LogP contribution in [0.25, 0.3) is 33.6 Å². The van der Waals surface area contributed by atoms with Gasteiger partial charge in [0.1, 0.15) is 0 Å². The predicted molar refractivity (Wildman–Crippen MR) is 141 cm³/mol. The number of nitrogens with zero attached hydrogens (tertiary/aromatic N) is 1. The van der Waals surface area contributed by atoms with Crippen LogP contribution in [0.4, 0.5) is 0 Å². The highest BCUT2D eigenvalue weighted by atomic mass is 15.0. The van der Waals surface area contributed by atoms with E-state index in [4.69, 9.17) is 0 Å². The van der Waals surface area contributed by atoms with E-state index in [1.165, 1.54) is 49.7 Å². The number of allylic oxidation sites excluding steroid dienone is 1. The number of hydrogen-bond acceptors (Lipinski definition) is 0. The largest absolute Gasteiger partial charge is 0.309 e. The minimum absolute atomic E-state index is 0.949.